The Morgan fingerprint density at radius 3 is 1.86 bits per heavy atom. The molecular formula is C6H11S. The molecule has 0 saturated heterocycles. The highest BCUT2D eigenvalue weighted by molar-refractivity contribution is 7.82. The van der Waals surface area contributed by atoms with E-state index in [1.165, 1.54) is 0 Å². The summed E-state index contributed by atoms with van der Waals surface area (Å²) in [6.07, 6.45) is 3.98. The van der Waals surface area contributed by atoms with Gasteiger partial charge in [0.1, 0.15) is 0 Å². The molecule has 0 aliphatic rings. The number of allylic oxidation sites excluding steroid dienone is 1. The van der Waals surface area contributed by atoms with Crippen molar-refractivity contribution in [3.05, 3.63) is 12.2 Å². The Morgan fingerprint density at radius 2 is 1.86 bits per heavy atom. The van der Waals surface area contributed by atoms with Crippen LogP contribution in [-0.4, -0.2) is 4.75 Å². The van der Waals surface area contributed by atoms with Gasteiger partial charge in [0.15, 0.2) is 0 Å². The van der Waals surface area contributed by atoms with Crippen molar-refractivity contribution in [1.82, 2.24) is 0 Å². The maximum Gasteiger partial charge on any atom is 0.0386 e. The number of hydrogen-bond donors (Lipinski definition) is 0. The van der Waals surface area contributed by atoms with Crippen molar-refractivity contribution >= 4 is 12.6 Å². The summed E-state index contributed by atoms with van der Waals surface area (Å²) in [5, 5.41) is 0. The van der Waals surface area contributed by atoms with E-state index in [0.29, 0.717) is 0 Å². The highest BCUT2D eigenvalue weighted by Crippen LogP contribution is 2.12. The Kier molecular flexibility index (Phi) is 2.44. The van der Waals surface area contributed by atoms with Crippen molar-refractivity contribution < 1.29 is 0 Å². The van der Waals surface area contributed by atoms with Crippen LogP contribution >= 0.6 is 12.6 Å². The fourth-order valence-electron chi connectivity index (χ4n) is 0.401. The van der Waals surface area contributed by atoms with Crippen molar-refractivity contribution in [3.8, 4) is 0 Å². The minimum absolute atomic E-state index is 0.0469. The SMILES string of the molecule is C/C=C/C(C)(C)[S]. The molecule has 0 aromatic heterocycles. The number of hydrogen-bond acceptors (Lipinski definition) is 0. The van der Waals surface area contributed by atoms with Crippen molar-refractivity contribution in [3.63, 3.8) is 0 Å². The van der Waals surface area contributed by atoms with E-state index in [9.17, 15) is 0 Å². The Morgan fingerprint density at radius 1 is 1.43 bits per heavy atom. The van der Waals surface area contributed by atoms with Gasteiger partial charge in [-0.15, -0.1) is 0 Å². The first-order valence-electron chi connectivity index (χ1n) is 2.40. The van der Waals surface area contributed by atoms with E-state index in [0.717, 1.165) is 0 Å². The molecule has 0 atom stereocenters. The molecule has 0 unspecified atom stereocenters. The molecule has 0 nitrogen and oxygen atoms in total. The third kappa shape index (κ3) is 6.09. The lowest BCUT2D eigenvalue weighted by atomic mass is 10.2. The quantitative estimate of drug-likeness (QED) is 0.461. The van der Waals surface area contributed by atoms with E-state index in [-0.39, 0.29) is 4.75 Å². The van der Waals surface area contributed by atoms with Gasteiger partial charge < -0.3 is 0 Å². The summed E-state index contributed by atoms with van der Waals surface area (Å²) in [5.74, 6) is 0. The van der Waals surface area contributed by atoms with E-state index < -0.39 is 0 Å². The molecule has 0 bridgehead atoms. The summed E-state index contributed by atoms with van der Waals surface area (Å²) < 4.78 is -0.0469. The zero-order valence-corrected chi connectivity index (χ0v) is 5.88. The van der Waals surface area contributed by atoms with Gasteiger partial charge in [0.2, 0.25) is 0 Å². The van der Waals surface area contributed by atoms with Crippen molar-refractivity contribution in [1.29, 1.82) is 0 Å². The van der Waals surface area contributed by atoms with E-state index in [1.54, 1.807) is 0 Å². The smallest absolute Gasteiger partial charge is 0.0386 e. The Labute approximate surface area is 51.0 Å². The molecule has 0 heterocycles. The Bertz CT molecular complexity index is 66.7. The average molecular weight is 115 g/mol. The summed E-state index contributed by atoms with van der Waals surface area (Å²) >= 11 is 5.00. The highest BCUT2D eigenvalue weighted by Gasteiger charge is 2.03. The van der Waals surface area contributed by atoms with E-state index in [4.69, 9.17) is 12.6 Å². The molecule has 0 aliphatic heterocycles. The van der Waals surface area contributed by atoms with Gasteiger partial charge in [-0.2, -0.15) is 0 Å². The van der Waals surface area contributed by atoms with Gasteiger partial charge in [-0.25, -0.2) is 0 Å². The summed E-state index contributed by atoms with van der Waals surface area (Å²) in [7, 11) is 0. The van der Waals surface area contributed by atoms with Gasteiger partial charge in [-0.3, -0.25) is 0 Å². The molecule has 0 N–H and O–H groups in total. The Balaban J connectivity index is 3.56. The molecule has 1 radical (unpaired) electrons. The maximum atomic E-state index is 5.00. The second-order valence-corrected chi connectivity index (χ2v) is 3.16. The van der Waals surface area contributed by atoms with Gasteiger partial charge in [0.05, 0.1) is 0 Å². The first-order valence-corrected chi connectivity index (χ1v) is 2.81. The third-order valence-electron chi connectivity index (χ3n) is 0.568. The van der Waals surface area contributed by atoms with Crippen LogP contribution in [0.4, 0.5) is 0 Å². The average Bonchev–Trinajstić information content (AvgIpc) is 1.30. The first kappa shape index (κ1) is 7.09. The van der Waals surface area contributed by atoms with Crippen LogP contribution in [0, 0.1) is 0 Å². The number of rotatable bonds is 1. The monoisotopic (exact) mass is 115 g/mol. The van der Waals surface area contributed by atoms with Crippen molar-refractivity contribution in [2.75, 3.05) is 0 Å². The highest BCUT2D eigenvalue weighted by atomic mass is 32.1. The normalized spacial score (nSPS) is 13.1. The van der Waals surface area contributed by atoms with Gasteiger partial charge >= 0.3 is 0 Å². The van der Waals surface area contributed by atoms with Gasteiger partial charge in [0, 0.05) is 4.75 Å². The molecule has 1 heteroatoms. The topological polar surface area (TPSA) is 0 Å². The fourth-order valence-corrected chi connectivity index (χ4v) is 0.537. The lowest BCUT2D eigenvalue weighted by Crippen LogP contribution is -2.03. The fraction of sp³-hybridized carbons (Fsp3) is 0.667. The van der Waals surface area contributed by atoms with Crippen molar-refractivity contribution in [2.24, 2.45) is 0 Å². The molecule has 0 spiro atoms. The van der Waals surface area contributed by atoms with Crippen LogP contribution in [0.3, 0.4) is 0 Å². The zero-order valence-electron chi connectivity index (χ0n) is 5.06. The standard InChI is InChI=1S/C6H11S/c1-4-5-6(2,3)7/h4-5H,1-3H3/b5-4+. The summed E-state index contributed by atoms with van der Waals surface area (Å²) in [4.78, 5) is 0. The lowest BCUT2D eigenvalue weighted by molar-refractivity contribution is 0.906. The van der Waals surface area contributed by atoms with Crippen LogP contribution < -0.4 is 0 Å². The maximum absolute atomic E-state index is 5.00. The van der Waals surface area contributed by atoms with Crippen LogP contribution in [0.1, 0.15) is 20.8 Å². The molecule has 0 aromatic rings. The zero-order chi connectivity index (χ0) is 5.91. The summed E-state index contributed by atoms with van der Waals surface area (Å²) in [6, 6.07) is 0. The summed E-state index contributed by atoms with van der Waals surface area (Å²) in [6.45, 7) is 5.98. The Hall–Kier alpha value is 0.0900. The third-order valence-corrected chi connectivity index (χ3v) is 0.704. The van der Waals surface area contributed by atoms with Gasteiger partial charge in [-0.1, -0.05) is 24.8 Å². The molecule has 0 rings (SSSR count). The molecule has 0 fully saturated rings. The predicted molar refractivity (Wildman–Crippen MR) is 36.5 cm³/mol. The first-order chi connectivity index (χ1) is 3.06. The molecule has 7 heavy (non-hydrogen) atoms. The molecule has 0 amide bonds. The van der Waals surface area contributed by atoms with Crippen LogP contribution in [0.5, 0.6) is 0 Å². The predicted octanol–water partition coefficient (Wildman–Crippen LogP) is 2.54. The second-order valence-electron chi connectivity index (χ2n) is 2.10. The van der Waals surface area contributed by atoms with Gasteiger partial charge in [0.25, 0.3) is 0 Å². The van der Waals surface area contributed by atoms with E-state index in [1.807, 2.05) is 32.9 Å². The van der Waals surface area contributed by atoms with Gasteiger partial charge in [-0.05, 0) is 20.8 Å². The second kappa shape index (κ2) is 2.41. The largest absolute Gasteiger partial charge is 0.0903 e. The lowest BCUT2D eigenvalue weighted by Gasteiger charge is -2.06. The minimum atomic E-state index is -0.0469. The molecular weight excluding hydrogens is 104 g/mol. The van der Waals surface area contributed by atoms with E-state index in [2.05, 4.69) is 0 Å². The van der Waals surface area contributed by atoms with Crippen LogP contribution in [0.2, 0.25) is 0 Å². The minimum Gasteiger partial charge on any atom is -0.0903 e. The molecule has 0 aromatic carbocycles. The molecule has 0 saturated carbocycles. The van der Waals surface area contributed by atoms with Crippen LogP contribution in [-0.2, 0) is 0 Å². The summed E-state index contributed by atoms with van der Waals surface area (Å²) in [5.41, 5.74) is 0. The van der Waals surface area contributed by atoms with Crippen LogP contribution in [0.25, 0.3) is 0 Å². The molecule has 41 valence electrons. The van der Waals surface area contributed by atoms with Crippen molar-refractivity contribution in [2.45, 2.75) is 25.5 Å². The van der Waals surface area contributed by atoms with E-state index >= 15 is 0 Å². The van der Waals surface area contributed by atoms with Crippen LogP contribution in [0.15, 0.2) is 12.2 Å². The molecule has 0 aliphatic carbocycles.